The fourth-order valence-corrected chi connectivity index (χ4v) is 3.02. The van der Waals surface area contributed by atoms with E-state index in [2.05, 4.69) is 9.97 Å². The minimum atomic E-state index is -0.290. The molecular weight excluding hydrogens is 326 g/mol. The smallest absolute Gasteiger partial charge is 0.230 e. The molecule has 1 atom stereocenters. The first-order chi connectivity index (χ1) is 12.5. The molecule has 0 saturated carbocycles. The number of carbonyl (C=O) groups excluding carboxylic acids is 1. The van der Waals surface area contributed by atoms with Crippen LogP contribution in [0, 0.1) is 6.92 Å². The number of amides is 1. The van der Waals surface area contributed by atoms with Crippen LogP contribution in [-0.4, -0.2) is 32.9 Å². The summed E-state index contributed by atoms with van der Waals surface area (Å²) in [6.45, 7) is 2.38. The van der Waals surface area contributed by atoms with Gasteiger partial charge in [-0.2, -0.15) is 0 Å². The number of nitrogens with one attached hydrogen (secondary N) is 1. The van der Waals surface area contributed by atoms with Gasteiger partial charge in [-0.25, -0.2) is 4.98 Å². The molecule has 0 bridgehead atoms. The number of phenolic OH excluding ortho intramolecular Hbond substituents is 1. The van der Waals surface area contributed by atoms with E-state index in [1.54, 1.807) is 30.3 Å². The Balaban J connectivity index is 1.82. The van der Waals surface area contributed by atoms with E-state index in [1.165, 1.54) is 0 Å². The fourth-order valence-electron chi connectivity index (χ4n) is 3.02. The number of aromatic nitrogens is 2. The number of benzene rings is 2. The summed E-state index contributed by atoms with van der Waals surface area (Å²) >= 11 is 0. The highest BCUT2D eigenvalue weighted by molar-refractivity contribution is 5.83. The first-order valence-corrected chi connectivity index (χ1v) is 8.61. The molecular formula is C21H23N3O2. The van der Waals surface area contributed by atoms with Crippen molar-refractivity contribution in [3.8, 4) is 5.75 Å². The molecule has 0 saturated heterocycles. The Morgan fingerprint density at radius 3 is 2.46 bits per heavy atom. The zero-order valence-corrected chi connectivity index (χ0v) is 15.0. The van der Waals surface area contributed by atoms with Crippen LogP contribution in [0.4, 0.5) is 0 Å². The van der Waals surface area contributed by atoms with E-state index in [-0.39, 0.29) is 17.6 Å². The number of aromatic amines is 1. The maximum atomic E-state index is 13.2. The van der Waals surface area contributed by atoms with Crippen molar-refractivity contribution in [1.29, 1.82) is 0 Å². The van der Waals surface area contributed by atoms with Gasteiger partial charge >= 0.3 is 0 Å². The number of H-pyrrole nitrogens is 1. The maximum absolute atomic E-state index is 13.2. The second-order valence-corrected chi connectivity index (χ2v) is 6.54. The molecule has 5 nitrogen and oxygen atoms in total. The van der Waals surface area contributed by atoms with Crippen molar-refractivity contribution in [1.82, 2.24) is 14.9 Å². The van der Waals surface area contributed by atoms with Crippen molar-refractivity contribution in [3.63, 3.8) is 0 Å². The van der Waals surface area contributed by atoms with Gasteiger partial charge in [0.1, 0.15) is 11.6 Å². The van der Waals surface area contributed by atoms with Gasteiger partial charge in [0, 0.05) is 18.9 Å². The van der Waals surface area contributed by atoms with Crippen LogP contribution in [-0.2, 0) is 17.8 Å². The van der Waals surface area contributed by atoms with Crippen LogP contribution in [0.3, 0.4) is 0 Å². The molecule has 0 radical (unpaired) electrons. The number of imidazole rings is 1. The van der Waals surface area contributed by atoms with Crippen molar-refractivity contribution in [2.75, 3.05) is 7.05 Å². The van der Waals surface area contributed by atoms with Crippen LogP contribution in [0.2, 0.25) is 0 Å². The van der Waals surface area contributed by atoms with Gasteiger partial charge in [-0.1, -0.05) is 42.5 Å². The number of nitrogens with zero attached hydrogens (tertiary/aromatic N) is 2. The van der Waals surface area contributed by atoms with E-state index >= 15 is 0 Å². The Bertz CT molecular complexity index is 856. The van der Waals surface area contributed by atoms with E-state index < -0.39 is 0 Å². The number of aromatic hydroxyl groups is 1. The number of phenols is 1. The Morgan fingerprint density at radius 1 is 1.15 bits per heavy atom. The lowest BCUT2D eigenvalue weighted by molar-refractivity contribution is -0.132. The quantitative estimate of drug-likeness (QED) is 0.716. The van der Waals surface area contributed by atoms with Crippen LogP contribution >= 0.6 is 0 Å². The fraction of sp³-hybridized carbons (Fsp3) is 0.238. The highest BCUT2D eigenvalue weighted by Gasteiger charge is 2.24. The minimum Gasteiger partial charge on any atom is -0.508 e. The van der Waals surface area contributed by atoms with E-state index in [9.17, 15) is 9.90 Å². The summed E-state index contributed by atoms with van der Waals surface area (Å²) in [5, 5.41) is 9.49. The number of hydrogen-bond acceptors (Lipinski definition) is 3. The molecule has 0 aliphatic carbocycles. The van der Waals surface area contributed by atoms with Gasteiger partial charge in [0.05, 0.1) is 12.5 Å². The number of rotatable bonds is 6. The molecule has 3 aromatic rings. The average molecular weight is 349 g/mol. The average Bonchev–Trinajstić information content (AvgIpc) is 3.06. The molecule has 1 unspecified atom stereocenters. The first kappa shape index (κ1) is 17.7. The molecule has 3 rings (SSSR count). The summed E-state index contributed by atoms with van der Waals surface area (Å²) in [6.07, 6.45) is 2.34. The van der Waals surface area contributed by atoms with Crippen LogP contribution in [0.1, 0.15) is 28.6 Å². The summed E-state index contributed by atoms with van der Waals surface area (Å²) in [5.41, 5.74) is 2.96. The Kier molecular flexibility index (Phi) is 5.37. The number of hydrogen-bond donors (Lipinski definition) is 2. The van der Waals surface area contributed by atoms with E-state index in [0.29, 0.717) is 13.0 Å². The molecule has 1 aromatic heterocycles. The van der Waals surface area contributed by atoms with Gasteiger partial charge in [0.25, 0.3) is 0 Å². The number of carbonyl (C=O) groups is 1. The highest BCUT2D eigenvalue weighted by Crippen LogP contribution is 2.24. The van der Waals surface area contributed by atoms with Gasteiger partial charge in [0.2, 0.25) is 5.91 Å². The molecule has 2 aromatic carbocycles. The third kappa shape index (κ3) is 4.30. The van der Waals surface area contributed by atoms with Crippen molar-refractivity contribution in [3.05, 3.63) is 83.4 Å². The maximum Gasteiger partial charge on any atom is 0.230 e. The van der Waals surface area contributed by atoms with Crippen LogP contribution in [0.15, 0.2) is 60.8 Å². The van der Waals surface area contributed by atoms with Crippen molar-refractivity contribution in [2.24, 2.45) is 0 Å². The Morgan fingerprint density at radius 2 is 1.85 bits per heavy atom. The summed E-state index contributed by atoms with van der Waals surface area (Å²) in [4.78, 5) is 22.3. The summed E-state index contributed by atoms with van der Waals surface area (Å²) in [5.74, 6) is 0.747. The van der Waals surface area contributed by atoms with Gasteiger partial charge in [0.15, 0.2) is 0 Å². The minimum absolute atomic E-state index is 0.0401. The van der Waals surface area contributed by atoms with Crippen LogP contribution in [0.25, 0.3) is 0 Å². The third-order valence-corrected chi connectivity index (χ3v) is 4.39. The second-order valence-electron chi connectivity index (χ2n) is 6.54. The zero-order valence-electron chi connectivity index (χ0n) is 15.0. The molecule has 1 amide bonds. The van der Waals surface area contributed by atoms with Gasteiger partial charge in [-0.05, 0) is 36.6 Å². The molecule has 2 N–H and O–H groups in total. The second kappa shape index (κ2) is 7.87. The first-order valence-electron chi connectivity index (χ1n) is 8.61. The summed E-state index contributed by atoms with van der Waals surface area (Å²) < 4.78 is 0. The normalized spacial score (nSPS) is 11.9. The molecule has 0 aliphatic heterocycles. The lowest BCUT2D eigenvalue weighted by Crippen LogP contribution is -2.32. The molecule has 0 aliphatic rings. The van der Waals surface area contributed by atoms with Crippen molar-refractivity contribution >= 4 is 5.91 Å². The largest absolute Gasteiger partial charge is 0.508 e. The third-order valence-electron chi connectivity index (χ3n) is 4.39. The topological polar surface area (TPSA) is 69.2 Å². The molecule has 0 spiro atoms. The summed E-state index contributed by atoms with van der Waals surface area (Å²) in [6, 6.07) is 16.8. The molecule has 26 heavy (non-hydrogen) atoms. The van der Waals surface area contributed by atoms with Gasteiger partial charge in [-0.3, -0.25) is 4.79 Å². The Labute approximate surface area is 153 Å². The van der Waals surface area contributed by atoms with Gasteiger partial charge < -0.3 is 15.0 Å². The molecule has 1 heterocycles. The predicted molar refractivity (Wildman–Crippen MR) is 101 cm³/mol. The lowest BCUT2D eigenvalue weighted by Gasteiger charge is -2.24. The van der Waals surface area contributed by atoms with Crippen LogP contribution in [0.5, 0.6) is 5.75 Å². The molecule has 5 heteroatoms. The molecule has 0 fully saturated rings. The highest BCUT2D eigenvalue weighted by atomic mass is 16.3. The summed E-state index contributed by atoms with van der Waals surface area (Å²) in [7, 11) is 1.80. The SMILES string of the molecule is Cc1cnc(CN(C)C(=O)C(Cc2ccc(O)cc2)c2ccccc2)[nH]1. The Hall–Kier alpha value is -3.08. The standard InChI is InChI=1S/C21H23N3O2/c1-15-13-22-20(23-15)14-24(2)21(26)19(17-6-4-3-5-7-17)12-16-8-10-18(25)11-9-16/h3-11,13,19,25H,12,14H2,1-2H3,(H,22,23). The monoisotopic (exact) mass is 349 g/mol. The number of likely N-dealkylation sites (N-methyl/N-ethyl adjacent to an activating group) is 1. The van der Waals surface area contributed by atoms with Crippen molar-refractivity contribution < 1.29 is 9.90 Å². The van der Waals surface area contributed by atoms with Crippen molar-refractivity contribution in [2.45, 2.75) is 25.8 Å². The van der Waals surface area contributed by atoms with Crippen LogP contribution < -0.4 is 0 Å². The number of aryl methyl sites for hydroxylation is 1. The van der Waals surface area contributed by atoms with E-state index in [0.717, 1.165) is 22.6 Å². The van der Waals surface area contributed by atoms with E-state index in [1.807, 2.05) is 49.4 Å². The predicted octanol–water partition coefficient (Wildman–Crippen LogP) is 3.41. The van der Waals surface area contributed by atoms with Gasteiger partial charge in [-0.15, -0.1) is 0 Å². The van der Waals surface area contributed by atoms with E-state index in [4.69, 9.17) is 0 Å². The molecule has 134 valence electrons. The lowest BCUT2D eigenvalue weighted by atomic mass is 9.90. The zero-order chi connectivity index (χ0) is 18.5.